The van der Waals surface area contributed by atoms with Gasteiger partial charge in [-0.15, -0.1) is 0 Å². The summed E-state index contributed by atoms with van der Waals surface area (Å²) in [6.45, 7) is 5.93. The second-order valence-corrected chi connectivity index (χ2v) is 10.4. The zero-order valence-corrected chi connectivity index (χ0v) is 22.4. The Bertz CT molecular complexity index is 1030. The van der Waals surface area contributed by atoms with E-state index in [0.717, 1.165) is 17.6 Å². The molecular weight excluding hydrogens is 484 g/mol. The number of epoxide rings is 1. The predicted octanol–water partition coefficient (Wildman–Crippen LogP) is 4.29. The number of aliphatic hydroxyl groups is 1. The first kappa shape index (κ1) is 28.0. The van der Waals surface area contributed by atoms with Crippen LogP contribution in [-0.4, -0.2) is 54.8 Å². The zero-order chi connectivity index (χ0) is 26.5. The lowest BCUT2D eigenvalue weighted by molar-refractivity contribution is -0.120. The first-order chi connectivity index (χ1) is 17.0. The summed E-state index contributed by atoms with van der Waals surface area (Å²) in [5, 5.41) is 16.8. The number of allylic oxidation sites excluding steroid dienone is 3. The van der Waals surface area contributed by atoms with Crippen LogP contribution < -0.4 is 15.4 Å². The molecule has 2 aliphatic rings. The first-order valence-corrected chi connectivity index (χ1v) is 12.6. The average molecular weight is 521 g/mol. The number of ether oxygens (including phenoxy) is 3. The number of carbonyl (C=O) groups is 2. The van der Waals surface area contributed by atoms with Gasteiger partial charge < -0.3 is 24.6 Å². The van der Waals surface area contributed by atoms with Gasteiger partial charge in [-0.05, 0) is 44.4 Å². The standard InChI is InChI=1S/C27H37ClN2O6/c1-17(14-19-9-10-20(28)21(15-19)34-5)8-6-7-12-27(33)16-22(35-25(32)30-27)18(2)24-26(3,36-24)13-11-23(31)29-4/h6-10,15,18,22,24,33H,11-14,16H2,1-5H3,(H,29,31)(H,30,32)/b7-6+,17-8+/t18-,22?,24?,26?,27-/m1/s1. The van der Waals surface area contributed by atoms with Gasteiger partial charge in [-0.3, -0.25) is 10.1 Å². The molecule has 2 saturated heterocycles. The number of halogens is 1. The third-order valence-corrected chi connectivity index (χ3v) is 7.25. The number of carbonyl (C=O) groups excluding carboxylic acids is 2. The molecule has 0 aliphatic carbocycles. The average Bonchev–Trinajstić information content (AvgIpc) is 3.51. The summed E-state index contributed by atoms with van der Waals surface area (Å²) in [7, 11) is 3.20. The van der Waals surface area contributed by atoms with Gasteiger partial charge in [-0.25, -0.2) is 4.79 Å². The van der Waals surface area contributed by atoms with Crippen molar-refractivity contribution in [1.82, 2.24) is 10.6 Å². The van der Waals surface area contributed by atoms with Gasteiger partial charge in [-0.1, -0.05) is 48.4 Å². The fraction of sp³-hybridized carbons (Fsp3) is 0.556. The number of rotatable bonds is 11. The molecule has 0 bridgehead atoms. The lowest BCUT2D eigenvalue weighted by atomic mass is 9.85. The van der Waals surface area contributed by atoms with Crippen molar-refractivity contribution in [3.63, 3.8) is 0 Å². The lowest BCUT2D eigenvalue weighted by Crippen LogP contribution is -2.57. The molecule has 2 amide bonds. The molecule has 2 aliphatic heterocycles. The Kier molecular flexibility index (Phi) is 9.08. The van der Waals surface area contributed by atoms with Crippen LogP contribution in [0, 0.1) is 5.92 Å². The number of hydrogen-bond acceptors (Lipinski definition) is 6. The molecule has 1 aromatic carbocycles. The van der Waals surface area contributed by atoms with Gasteiger partial charge in [0.2, 0.25) is 5.91 Å². The molecule has 1 aromatic rings. The van der Waals surface area contributed by atoms with Crippen molar-refractivity contribution in [1.29, 1.82) is 0 Å². The van der Waals surface area contributed by atoms with Crippen molar-refractivity contribution in [2.45, 2.75) is 76.4 Å². The summed E-state index contributed by atoms with van der Waals surface area (Å²) in [5.41, 5.74) is 0.350. The molecule has 5 atom stereocenters. The van der Waals surface area contributed by atoms with Crippen LogP contribution in [0.3, 0.4) is 0 Å². The molecule has 3 unspecified atom stereocenters. The Morgan fingerprint density at radius 1 is 1.44 bits per heavy atom. The van der Waals surface area contributed by atoms with E-state index in [1.54, 1.807) is 14.2 Å². The number of nitrogens with one attached hydrogen (secondary N) is 2. The second-order valence-electron chi connectivity index (χ2n) is 9.98. The molecule has 0 spiro atoms. The molecule has 198 valence electrons. The Labute approximate surface area is 218 Å². The quantitative estimate of drug-likeness (QED) is 0.296. The molecule has 9 heteroatoms. The topological polar surface area (TPSA) is 109 Å². The molecule has 3 rings (SSSR count). The molecule has 3 N–H and O–H groups in total. The maximum absolute atomic E-state index is 12.2. The SMILES string of the molecule is CNC(=O)CCC1(C)OC1[C@H](C)C1C[C@](O)(C/C=C/C=C(\C)Cc2ccc(Cl)c(OC)c2)NC(=O)O1. The van der Waals surface area contributed by atoms with Gasteiger partial charge in [0.15, 0.2) is 0 Å². The van der Waals surface area contributed by atoms with Gasteiger partial charge in [0.1, 0.15) is 17.6 Å². The van der Waals surface area contributed by atoms with Crippen LogP contribution in [0.15, 0.2) is 42.0 Å². The van der Waals surface area contributed by atoms with Crippen molar-refractivity contribution in [3.05, 3.63) is 52.6 Å². The van der Waals surface area contributed by atoms with Crippen molar-refractivity contribution in [2.24, 2.45) is 5.92 Å². The summed E-state index contributed by atoms with van der Waals surface area (Å²) in [6.07, 6.45) is 6.56. The van der Waals surface area contributed by atoms with Crippen LogP contribution in [-0.2, 0) is 20.7 Å². The van der Waals surface area contributed by atoms with E-state index in [-0.39, 0.29) is 30.8 Å². The maximum atomic E-state index is 12.2. The molecule has 0 radical (unpaired) electrons. The Morgan fingerprint density at radius 2 is 2.19 bits per heavy atom. The number of cyclic esters (lactones) is 1. The summed E-state index contributed by atoms with van der Waals surface area (Å²) >= 11 is 6.09. The van der Waals surface area contributed by atoms with E-state index in [2.05, 4.69) is 10.6 Å². The van der Waals surface area contributed by atoms with E-state index < -0.39 is 23.5 Å². The van der Waals surface area contributed by atoms with Crippen molar-refractivity contribution < 1.29 is 28.9 Å². The lowest BCUT2D eigenvalue weighted by Gasteiger charge is -2.38. The van der Waals surface area contributed by atoms with Crippen LogP contribution in [0.5, 0.6) is 5.75 Å². The minimum atomic E-state index is -1.41. The van der Waals surface area contributed by atoms with Crippen molar-refractivity contribution in [3.8, 4) is 5.75 Å². The minimum absolute atomic E-state index is 0.0373. The molecule has 2 fully saturated rings. The van der Waals surface area contributed by atoms with Gasteiger partial charge in [0.25, 0.3) is 0 Å². The number of amides is 2. The third kappa shape index (κ3) is 7.24. The van der Waals surface area contributed by atoms with E-state index in [1.165, 1.54) is 0 Å². The third-order valence-electron chi connectivity index (χ3n) is 6.93. The highest BCUT2D eigenvalue weighted by atomic mass is 35.5. The Morgan fingerprint density at radius 3 is 2.89 bits per heavy atom. The summed E-state index contributed by atoms with van der Waals surface area (Å²) in [6, 6.07) is 5.69. The normalized spacial score (nSPS) is 28.9. The molecule has 8 nitrogen and oxygen atoms in total. The summed E-state index contributed by atoms with van der Waals surface area (Å²) < 4.78 is 16.7. The number of methoxy groups -OCH3 is 1. The smallest absolute Gasteiger partial charge is 0.409 e. The van der Waals surface area contributed by atoms with Crippen LogP contribution in [0.1, 0.15) is 52.0 Å². The van der Waals surface area contributed by atoms with Crippen LogP contribution in [0.2, 0.25) is 5.02 Å². The Balaban J connectivity index is 1.54. The fourth-order valence-corrected chi connectivity index (χ4v) is 4.90. The first-order valence-electron chi connectivity index (χ1n) is 12.2. The minimum Gasteiger partial charge on any atom is -0.495 e. The highest BCUT2D eigenvalue weighted by molar-refractivity contribution is 6.32. The number of hydrogen-bond donors (Lipinski definition) is 3. The van der Waals surface area contributed by atoms with Gasteiger partial charge in [0, 0.05) is 32.2 Å². The van der Waals surface area contributed by atoms with Gasteiger partial charge in [0.05, 0.1) is 23.8 Å². The molecule has 0 saturated carbocycles. The van der Waals surface area contributed by atoms with E-state index >= 15 is 0 Å². The number of benzene rings is 1. The van der Waals surface area contributed by atoms with Crippen LogP contribution >= 0.6 is 11.6 Å². The Hall–Kier alpha value is -2.55. The molecule has 36 heavy (non-hydrogen) atoms. The predicted molar refractivity (Wildman–Crippen MR) is 138 cm³/mol. The second kappa shape index (κ2) is 11.7. The number of alkyl carbamates (subject to hydrolysis) is 1. The summed E-state index contributed by atoms with van der Waals surface area (Å²) in [5.74, 6) is 0.478. The monoisotopic (exact) mass is 520 g/mol. The van der Waals surface area contributed by atoms with Crippen LogP contribution in [0.4, 0.5) is 4.79 Å². The highest BCUT2D eigenvalue weighted by Crippen LogP contribution is 2.47. The van der Waals surface area contributed by atoms with E-state index in [9.17, 15) is 14.7 Å². The van der Waals surface area contributed by atoms with Crippen molar-refractivity contribution >= 4 is 23.6 Å². The fourth-order valence-electron chi connectivity index (χ4n) is 4.70. The van der Waals surface area contributed by atoms with Crippen molar-refractivity contribution in [2.75, 3.05) is 14.2 Å². The van der Waals surface area contributed by atoms with Gasteiger partial charge in [-0.2, -0.15) is 0 Å². The maximum Gasteiger partial charge on any atom is 0.409 e. The van der Waals surface area contributed by atoms with E-state index in [1.807, 2.05) is 57.2 Å². The molecule has 2 heterocycles. The molecule has 0 aromatic heterocycles. The molecular formula is C27H37ClN2O6. The highest BCUT2D eigenvalue weighted by Gasteiger charge is 2.58. The zero-order valence-electron chi connectivity index (χ0n) is 21.6. The van der Waals surface area contributed by atoms with E-state index in [4.69, 9.17) is 25.8 Å². The van der Waals surface area contributed by atoms with E-state index in [0.29, 0.717) is 23.6 Å². The van der Waals surface area contributed by atoms with Crippen LogP contribution in [0.25, 0.3) is 0 Å². The largest absolute Gasteiger partial charge is 0.495 e. The summed E-state index contributed by atoms with van der Waals surface area (Å²) in [4.78, 5) is 23.8. The van der Waals surface area contributed by atoms with Gasteiger partial charge >= 0.3 is 6.09 Å².